The fourth-order valence-corrected chi connectivity index (χ4v) is 4.84. The summed E-state index contributed by atoms with van der Waals surface area (Å²) in [6.45, 7) is 0.670. The Bertz CT molecular complexity index is 1290. The third kappa shape index (κ3) is 3.64. The Morgan fingerprint density at radius 1 is 1.26 bits per heavy atom. The minimum absolute atomic E-state index is 0.321. The molecular formula is C23H17ClFN3O2S. The van der Waals surface area contributed by atoms with Gasteiger partial charge in [-0.05, 0) is 47.4 Å². The molecule has 0 radical (unpaired) electrons. The van der Waals surface area contributed by atoms with Gasteiger partial charge in [-0.15, -0.1) is 11.3 Å². The highest BCUT2D eigenvalue weighted by Gasteiger charge is 2.34. The van der Waals surface area contributed by atoms with E-state index >= 15 is 4.39 Å². The fourth-order valence-electron chi connectivity index (χ4n) is 3.90. The second kappa shape index (κ2) is 7.90. The highest BCUT2D eigenvalue weighted by molar-refractivity contribution is 7.16. The largest absolute Gasteiger partial charge is 0.480 e. The molecule has 0 bridgehead atoms. The SMILES string of the molecule is O=C(O)[C@H]1CCN1c1ccc(Cc2cc3scnc3c(-c3cccc(Cl)c3)c2F)cn1. The summed E-state index contributed by atoms with van der Waals surface area (Å²) < 4.78 is 16.5. The van der Waals surface area contributed by atoms with Crippen molar-refractivity contribution in [2.45, 2.75) is 18.9 Å². The lowest BCUT2D eigenvalue weighted by molar-refractivity contribution is -0.140. The van der Waals surface area contributed by atoms with Crippen LogP contribution >= 0.6 is 22.9 Å². The van der Waals surface area contributed by atoms with Gasteiger partial charge >= 0.3 is 5.97 Å². The van der Waals surface area contributed by atoms with Gasteiger partial charge in [-0.2, -0.15) is 0 Å². The lowest BCUT2D eigenvalue weighted by Gasteiger charge is -2.38. The van der Waals surface area contributed by atoms with Gasteiger partial charge in [0.2, 0.25) is 0 Å². The number of halogens is 2. The molecule has 0 amide bonds. The number of fused-ring (bicyclic) bond motifs is 1. The van der Waals surface area contributed by atoms with Crippen LogP contribution in [0, 0.1) is 5.82 Å². The Labute approximate surface area is 186 Å². The van der Waals surface area contributed by atoms with Crippen LogP contribution in [-0.2, 0) is 11.2 Å². The van der Waals surface area contributed by atoms with E-state index in [1.807, 2.05) is 18.2 Å². The van der Waals surface area contributed by atoms with E-state index in [9.17, 15) is 9.90 Å². The summed E-state index contributed by atoms with van der Waals surface area (Å²) in [5.41, 5.74) is 4.87. The number of carboxylic acid groups (broad SMARTS) is 1. The first-order chi connectivity index (χ1) is 15.0. The molecule has 2 aromatic heterocycles. The van der Waals surface area contributed by atoms with Crippen LogP contribution < -0.4 is 4.90 Å². The minimum atomic E-state index is -0.842. The molecule has 1 saturated heterocycles. The van der Waals surface area contributed by atoms with Crippen LogP contribution in [0.1, 0.15) is 17.5 Å². The van der Waals surface area contributed by atoms with E-state index in [1.54, 1.807) is 40.9 Å². The summed E-state index contributed by atoms with van der Waals surface area (Å²) in [6, 6.07) is 12.1. The summed E-state index contributed by atoms with van der Waals surface area (Å²) in [5.74, 6) is -0.538. The van der Waals surface area contributed by atoms with Crippen molar-refractivity contribution in [2.75, 3.05) is 11.4 Å². The summed E-state index contributed by atoms with van der Waals surface area (Å²) in [5, 5.41) is 9.77. The van der Waals surface area contributed by atoms with Gasteiger partial charge in [-0.25, -0.2) is 19.2 Å². The molecule has 0 aliphatic carbocycles. The first-order valence-electron chi connectivity index (χ1n) is 9.76. The molecule has 1 aliphatic rings. The van der Waals surface area contributed by atoms with E-state index in [4.69, 9.17) is 11.6 Å². The van der Waals surface area contributed by atoms with Gasteiger partial charge in [0, 0.05) is 29.7 Å². The molecular weight excluding hydrogens is 437 g/mol. The molecule has 1 N–H and O–H groups in total. The predicted octanol–water partition coefficient (Wildman–Crippen LogP) is 5.40. The zero-order chi connectivity index (χ0) is 21.5. The fraction of sp³-hybridized carbons (Fsp3) is 0.174. The standard InChI is InChI=1S/C23H17ClFN3O2S/c24-16-3-1-2-14(9-16)20-21(25)15(10-18-22(20)27-12-31-18)8-13-4-5-19(26-11-13)28-7-6-17(28)23(29)30/h1-5,9-12,17H,6-8H2,(H,29,30)/t17-/m1/s1. The van der Waals surface area contributed by atoms with Crippen LogP contribution in [0.4, 0.5) is 10.2 Å². The lowest BCUT2D eigenvalue weighted by Crippen LogP contribution is -2.52. The van der Waals surface area contributed by atoms with Crippen LogP contribution in [0.25, 0.3) is 21.3 Å². The monoisotopic (exact) mass is 453 g/mol. The smallest absolute Gasteiger partial charge is 0.326 e. The van der Waals surface area contributed by atoms with Gasteiger partial charge in [0.15, 0.2) is 0 Å². The van der Waals surface area contributed by atoms with Crippen molar-refractivity contribution in [1.82, 2.24) is 9.97 Å². The maximum atomic E-state index is 15.6. The molecule has 2 aromatic carbocycles. The Morgan fingerprint density at radius 2 is 2.13 bits per heavy atom. The van der Waals surface area contributed by atoms with Crippen molar-refractivity contribution in [1.29, 1.82) is 0 Å². The molecule has 5 rings (SSSR count). The third-order valence-corrected chi connectivity index (χ3v) is 6.57. The average molecular weight is 454 g/mol. The van der Waals surface area contributed by atoms with Gasteiger partial charge < -0.3 is 10.0 Å². The maximum absolute atomic E-state index is 15.6. The van der Waals surface area contributed by atoms with Crippen LogP contribution in [0.15, 0.2) is 54.2 Å². The topological polar surface area (TPSA) is 66.3 Å². The summed E-state index contributed by atoms with van der Waals surface area (Å²) >= 11 is 7.60. The van der Waals surface area contributed by atoms with Crippen molar-refractivity contribution in [2.24, 2.45) is 0 Å². The normalized spacial score (nSPS) is 15.8. The zero-order valence-corrected chi connectivity index (χ0v) is 17.8. The highest BCUT2D eigenvalue weighted by Crippen LogP contribution is 2.36. The zero-order valence-electron chi connectivity index (χ0n) is 16.3. The summed E-state index contributed by atoms with van der Waals surface area (Å²) in [7, 11) is 0. The molecule has 4 aromatic rings. The first-order valence-corrected chi connectivity index (χ1v) is 11.0. The third-order valence-electron chi connectivity index (χ3n) is 5.55. The molecule has 156 valence electrons. The Morgan fingerprint density at radius 3 is 2.81 bits per heavy atom. The Balaban J connectivity index is 1.49. The van der Waals surface area contributed by atoms with E-state index < -0.39 is 12.0 Å². The van der Waals surface area contributed by atoms with Crippen molar-refractivity contribution in [3.63, 3.8) is 0 Å². The molecule has 8 heteroatoms. The number of hydrogen-bond donors (Lipinski definition) is 1. The van der Waals surface area contributed by atoms with Gasteiger partial charge in [0.25, 0.3) is 0 Å². The van der Waals surface area contributed by atoms with Gasteiger partial charge in [0.05, 0.1) is 15.7 Å². The number of pyridine rings is 1. The van der Waals surface area contributed by atoms with E-state index in [0.717, 1.165) is 10.3 Å². The van der Waals surface area contributed by atoms with Gasteiger partial charge in [-0.3, -0.25) is 0 Å². The number of hydrogen-bond acceptors (Lipinski definition) is 5. The second-order valence-corrected chi connectivity index (χ2v) is 8.79. The maximum Gasteiger partial charge on any atom is 0.326 e. The van der Waals surface area contributed by atoms with Gasteiger partial charge in [0.1, 0.15) is 17.7 Å². The average Bonchev–Trinajstić information content (AvgIpc) is 3.16. The summed E-state index contributed by atoms with van der Waals surface area (Å²) in [6.07, 6.45) is 2.66. The van der Waals surface area contributed by atoms with Crippen LogP contribution in [-0.4, -0.2) is 33.6 Å². The molecule has 1 aliphatic heterocycles. The van der Waals surface area contributed by atoms with Crippen molar-refractivity contribution in [3.8, 4) is 11.1 Å². The number of carbonyl (C=O) groups is 1. The molecule has 1 atom stereocenters. The second-order valence-electron chi connectivity index (χ2n) is 7.47. The number of aliphatic carboxylic acids is 1. The Hall–Kier alpha value is -3.03. The number of anilines is 1. The van der Waals surface area contributed by atoms with E-state index in [-0.39, 0.29) is 5.82 Å². The first kappa shape index (κ1) is 19.9. The van der Waals surface area contributed by atoms with Crippen molar-refractivity contribution in [3.05, 3.63) is 76.1 Å². The summed E-state index contributed by atoms with van der Waals surface area (Å²) in [4.78, 5) is 21.8. The van der Waals surface area contributed by atoms with Crippen LogP contribution in [0.3, 0.4) is 0 Å². The van der Waals surface area contributed by atoms with E-state index in [2.05, 4.69) is 9.97 Å². The molecule has 3 heterocycles. The molecule has 0 spiro atoms. The van der Waals surface area contributed by atoms with Gasteiger partial charge in [-0.1, -0.05) is 29.8 Å². The number of nitrogens with zero attached hydrogens (tertiary/aromatic N) is 3. The predicted molar refractivity (Wildman–Crippen MR) is 120 cm³/mol. The molecule has 0 saturated carbocycles. The quantitative estimate of drug-likeness (QED) is 0.438. The van der Waals surface area contributed by atoms with Crippen LogP contribution in [0.5, 0.6) is 0 Å². The Kier molecular flexibility index (Phi) is 5.08. The van der Waals surface area contributed by atoms with Crippen molar-refractivity contribution >= 4 is 44.9 Å². The van der Waals surface area contributed by atoms with E-state index in [1.165, 1.54) is 11.3 Å². The molecule has 0 unspecified atom stereocenters. The number of aromatic nitrogens is 2. The number of benzene rings is 2. The highest BCUT2D eigenvalue weighted by atomic mass is 35.5. The molecule has 31 heavy (non-hydrogen) atoms. The number of thiazole rings is 1. The molecule has 5 nitrogen and oxygen atoms in total. The van der Waals surface area contributed by atoms with Crippen LogP contribution in [0.2, 0.25) is 5.02 Å². The van der Waals surface area contributed by atoms with Crippen molar-refractivity contribution < 1.29 is 14.3 Å². The number of rotatable bonds is 5. The van der Waals surface area contributed by atoms with E-state index in [0.29, 0.717) is 52.4 Å². The number of carboxylic acids is 1. The minimum Gasteiger partial charge on any atom is -0.480 e. The lowest BCUT2D eigenvalue weighted by atomic mass is 9.97. The molecule has 1 fully saturated rings.